The fourth-order valence-corrected chi connectivity index (χ4v) is 2.71. The highest BCUT2D eigenvalue weighted by Gasteiger charge is 2.10. The molecular weight excluding hydrogens is 309 g/mol. The van der Waals surface area contributed by atoms with Crippen molar-refractivity contribution in [3.05, 3.63) is 58.4 Å². The number of nitrogens with one attached hydrogen (secondary N) is 1. The molecule has 0 spiro atoms. The summed E-state index contributed by atoms with van der Waals surface area (Å²) in [4.78, 5) is 12.9. The summed E-state index contributed by atoms with van der Waals surface area (Å²) in [5.41, 5.74) is 2.50. The van der Waals surface area contributed by atoms with Crippen LogP contribution in [0.2, 0.25) is 5.02 Å². The van der Waals surface area contributed by atoms with Crippen molar-refractivity contribution in [1.29, 1.82) is 0 Å². The maximum absolute atomic E-state index is 13.7. The highest BCUT2D eigenvalue weighted by atomic mass is 35.5. The molecule has 2 aromatic rings. The van der Waals surface area contributed by atoms with E-state index in [9.17, 15) is 9.18 Å². The molecule has 110 valence electrons. The predicted molar refractivity (Wildman–Crippen MR) is 86.7 cm³/mol. The second-order valence-corrected chi connectivity index (χ2v) is 6.14. The van der Waals surface area contributed by atoms with E-state index in [4.69, 9.17) is 11.6 Å². The number of benzene rings is 2. The Morgan fingerprint density at radius 1 is 1.24 bits per heavy atom. The third-order valence-corrected chi connectivity index (χ3v) is 4.36. The highest BCUT2D eigenvalue weighted by Crippen LogP contribution is 2.24. The number of anilines is 1. The van der Waals surface area contributed by atoms with E-state index in [0.29, 0.717) is 0 Å². The Morgan fingerprint density at radius 3 is 2.71 bits per heavy atom. The van der Waals surface area contributed by atoms with Gasteiger partial charge in [0, 0.05) is 4.90 Å². The van der Waals surface area contributed by atoms with Crippen LogP contribution in [-0.4, -0.2) is 11.7 Å². The second-order valence-electron chi connectivity index (χ2n) is 4.68. The maximum Gasteiger partial charge on any atom is 0.234 e. The summed E-state index contributed by atoms with van der Waals surface area (Å²) in [5.74, 6) is -0.655. The van der Waals surface area contributed by atoms with Gasteiger partial charge in [-0.1, -0.05) is 23.7 Å². The molecule has 0 aromatic heterocycles. The zero-order valence-corrected chi connectivity index (χ0v) is 13.3. The minimum absolute atomic E-state index is 0.00499. The van der Waals surface area contributed by atoms with Gasteiger partial charge in [0.15, 0.2) is 5.82 Å². The largest absolute Gasteiger partial charge is 0.323 e. The molecule has 0 radical (unpaired) electrons. The van der Waals surface area contributed by atoms with E-state index < -0.39 is 5.82 Å². The number of hydrogen-bond donors (Lipinski definition) is 1. The molecule has 21 heavy (non-hydrogen) atoms. The Hall–Kier alpha value is -1.52. The Balaban J connectivity index is 1.96. The molecule has 5 heteroatoms. The standard InChI is InChI=1S/C16H15ClFNOS/c1-10-6-7-12(8-11(10)2)21-9-15(20)19-14-5-3-4-13(17)16(14)18/h3-8H,9H2,1-2H3,(H,19,20). The van der Waals surface area contributed by atoms with E-state index in [-0.39, 0.29) is 22.4 Å². The van der Waals surface area contributed by atoms with Crippen LogP contribution < -0.4 is 5.32 Å². The first-order chi connectivity index (χ1) is 9.97. The average Bonchev–Trinajstić information content (AvgIpc) is 2.45. The maximum atomic E-state index is 13.7. The van der Waals surface area contributed by atoms with E-state index in [1.54, 1.807) is 6.07 Å². The van der Waals surface area contributed by atoms with Gasteiger partial charge in [-0.15, -0.1) is 11.8 Å². The first kappa shape index (κ1) is 15.9. The number of rotatable bonds is 4. The lowest BCUT2D eigenvalue weighted by molar-refractivity contribution is -0.113. The lowest BCUT2D eigenvalue weighted by Crippen LogP contribution is -2.15. The van der Waals surface area contributed by atoms with Crippen molar-refractivity contribution in [3.8, 4) is 0 Å². The summed E-state index contributed by atoms with van der Waals surface area (Å²) >= 11 is 7.08. The van der Waals surface area contributed by atoms with Crippen molar-refractivity contribution in [3.63, 3.8) is 0 Å². The van der Waals surface area contributed by atoms with Crippen LogP contribution >= 0.6 is 23.4 Å². The van der Waals surface area contributed by atoms with Gasteiger partial charge in [0.2, 0.25) is 5.91 Å². The highest BCUT2D eigenvalue weighted by molar-refractivity contribution is 8.00. The number of thioether (sulfide) groups is 1. The molecular formula is C16H15ClFNOS. The normalized spacial score (nSPS) is 10.5. The van der Waals surface area contributed by atoms with Gasteiger partial charge in [-0.05, 0) is 49.2 Å². The molecule has 0 saturated carbocycles. The number of halogens is 2. The molecule has 1 amide bonds. The number of aryl methyl sites for hydroxylation is 2. The first-order valence-corrected chi connectivity index (χ1v) is 7.77. The molecule has 0 saturated heterocycles. The van der Waals surface area contributed by atoms with Crippen molar-refractivity contribution in [2.45, 2.75) is 18.7 Å². The van der Waals surface area contributed by atoms with Gasteiger partial charge in [-0.3, -0.25) is 4.79 Å². The van der Waals surface area contributed by atoms with E-state index in [1.165, 1.54) is 35.0 Å². The molecule has 2 nitrogen and oxygen atoms in total. The molecule has 1 N–H and O–H groups in total. The van der Waals surface area contributed by atoms with Crippen molar-refractivity contribution in [2.24, 2.45) is 0 Å². The van der Waals surface area contributed by atoms with Gasteiger partial charge in [-0.25, -0.2) is 4.39 Å². The van der Waals surface area contributed by atoms with Gasteiger partial charge in [0.05, 0.1) is 16.5 Å². The van der Waals surface area contributed by atoms with Gasteiger partial charge >= 0.3 is 0 Å². The lowest BCUT2D eigenvalue weighted by Gasteiger charge is -2.08. The predicted octanol–water partition coefficient (Wildman–Crippen LogP) is 4.83. The van der Waals surface area contributed by atoms with E-state index in [1.807, 2.05) is 32.0 Å². The van der Waals surface area contributed by atoms with E-state index in [0.717, 1.165) is 4.90 Å². The fraction of sp³-hybridized carbons (Fsp3) is 0.188. The average molecular weight is 324 g/mol. The minimum Gasteiger partial charge on any atom is -0.323 e. The van der Waals surface area contributed by atoms with Crippen molar-refractivity contribution in [1.82, 2.24) is 0 Å². The van der Waals surface area contributed by atoms with Crippen molar-refractivity contribution < 1.29 is 9.18 Å². The van der Waals surface area contributed by atoms with Crippen LogP contribution in [0.3, 0.4) is 0 Å². The van der Waals surface area contributed by atoms with Gasteiger partial charge < -0.3 is 5.32 Å². The fourth-order valence-electron chi connectivity index (χ4n) is 1.74. The molecule has 0 atom stereocenters. The quantitative estimate of drug-likeness (QED) is 0.817. The third-order valence-electron chi connectivity index (χ3n) is 3.07. The molecule has 0 heterocycles. The van der Waals surface area contributed by atoms with Gasteiger partial charge in [-0.2, -0.15) is 0 Å². The SMILES string of the molecule is Cc1ccc(SCC(=O)Nc2cccc(Cl)c2F)cc1C. The Bertz CT molecular complexity index is 675. The summed E-state index contributed by atoms with van der Waals surface area (Å²) < 4.78 is 13.7. The van der Waals surface area contributed by atoms with Crippen LogP contribution in [0.4, 0.5) is 10.1 Å². The number of hydrogen-bond acceptors (Lipinski definition) is 2. The zero-order chi connectivity index (χ0) is 15.4. The Morgan fingerprint density at radius 2 is 2.00 bits per heavy atom. The molecule has 0 fully saturated rings. The molecule has 0 bridgehead atoms. The van der Waals surface area contributed by atoms with Crippen LogP contribution in [0, 0.1) is 19.7 Å². The summed E-state index contributed by atoms with van der Waals surface area (Å²) in [7, 11) is 0. The molecule has 0 aliphatic rings. The summed E-state index contributed by atoms with van der Waals surface area (Å²) in [6.45, 7) is 4.07. The number of carbonyl (C=O) groups is 1. The summed E-state index contributed by atoms with van der Waals surface area (Å²) in [6.07, 6.45) is 0. The second kappa shape index (κ2) is 6.96. The summed E-state index contributed by atoms with van der Waals surface area (Å²) in [5, 5.41) is 2.52. The minimum atomic E-state index is -0.608. The smallest absolute Gasteiger partial charge is 0.234 e. The van der Waals surface area contributed by atoms with Crippen LogP contribution in [0.5, 0.6) is 0 Å². The van der Waals surface area contributed by atoms with Crippen molar-refractivity contribution >= 4 is 35.0 Å². The number of carbonyl (C=O) groups excluding carboxylic acids is 1. The topological polar surface area (TPSA) is 29.1 Å². The first-order valence-electron chi connectivity index (χ1n) is 6.41. The number of amides is 1. The van der Waals surface area contributed by atoms with Crippen molar-refractivity contribution in [2.75, 3.05) is 11.1 Å². The third kappa shape index (κ3) is 4.22. The monoisotopic (exact) mass is 323 g/mol. The van der Waals surface area contributed by atoms with Gasteiger partial charge in [0.1, 0.15) is 0 Å². The zero-order valence-electron chi connectivity index (χ0n) is 11.7. The lowest BCUT2D eigenvalue weighted by atomic mass is 10.1. The Labute approximate surface area is 132 Å². The Kier molecular flexibility index (Phi) is 5.26. The van der Waals surface area contributed by atoms with E-state index in [2.05, 4.69) is 5.32 Å². The summed E-state index contributed by atoms with van der Waals surface area (Å²) in [6, 6.07) is 10.5. The molecule has 2 rings (SSSR count). The molecule has 0 aliphatic carbocycles. The molecule has 0 unspecified atom stereocenters. The van der Waals surface area contributed by atoms with Crippen LogP contribution in [-0.2, 0) is 4.79 Å². The van der Waals surface area contributed by atoms with Crippen LogP contribution in [0.25, 0.3) is 0 Å². The molecule has 2 aromatic carbocycles. The van der Waals surface area contributed by atoms with E-state index >= 15 is 0 Å². The van der Waals surface area contributed by atoms with Gasteiger partial charge in [0.25, 0.3) is 0 Å². The van der Waals surface area contributed by atoms with Crippen LogP contribution in [0.15, 0.2) is 41.3 Å². The molecule has 0 aliphatic heterocycles. The van der Waals surface area contributed by atoms with Crippen LogP contribution in [0.1, 0.15) is 11.1 Å².